The molecule has 0 saturated carbocycles. The number of Topliss-reactive ketones (excluding diaryl/α,β-unsaturated/α-hetero) is 1. The van der Waals surface area contributed by atoms with E-state index in [0.717, 1.165) is 5.69 Å². The van der Waals surface area contributed by atoms with Gasteiger partial charge in [-0.25, -0.2) is 14.8 Å². The lowest BCUT2D eigenvalue weighted by Crippen LogP contribution is -2.03. The van der Waals surface area contributed by atoms with Crippen molar-refractivity contribution in [2.45, 2.75) is 13.8 Å². The average Bonchev–Trinajstić information content (AvgIpc) is 2.62. The highest BCUT2D eigenvalue weighted by Gasteiger charge is 2.07. The van der Waals surface area contributed by atoms with Gasteiger partial charge in [-0.1, -0.05) is 6.07 Å². The Labute approximate surface area is 156 Å². The van der Waals surface area contributed by atoms with E-state index in [-0.39, 0.29) is 11.3 Å². The van der Waals surface area contributed by atoms with E-state index in [1.807, 2.05) is 0 Å². The van der Waals surface area contributed by atoms with Gasteiger partial charge in [0.25, 0.3) is 0 Å². The highest BCUT2D eigenvalue weighted by Crippen LogP contribution is 2.21. The van der Waals surface area contributed by atoms with Gasteiger partial charge < -0.3 is 15.7 Å². The van der Waals surface area contributed by atoms with Crippen LogP contribution in [0.15, 0.2) is 54.6 Å². The largest absolute Gasteiger partial charge is 0.478 e. The molecule has 0 amide bonds. The van der Waals surface area contributed by atoms with E-state index in [1.54, 1.807) is 49.4 Å². The molecule has 0 aliphatic heterocycles. The number of rotatable bonds is 6. The number of carboxylic acid groups (broad SMARTS) is 1. The highest BCUT2D eigenvalue weighted by atomic mass is 16.4. The number of hydrogen-bond acceptors (Lipinski definition) is 6. The molecule has 3 rings (SSSR count). The minimum absolute atomic E-state index is 0.00880. The van der Waals surface area contributed by atoms with Crippen molar-refractivity contribution in [1.29, 1.82) is 0 Å². The Hall–Kier alpha value is -3.74. The second-order valence-electron chi connectivity index (χ2n) is 5.96. The van der Waals surface area contributed by atoms with Crippen LogP contribution in [0.2, 0.25) is 0 Å². The minimum atomic E-state index is -0.992. The second-order valence-corrected chi connectivity index (χ2v) is 5.96. The first kappa shape index (κ1) is 18.1. The first-order chi connectivity index (χ1) is 12.9. The summed E-state index contributed by atoms with van der Waals surface area (Å²) in [6.07, 6.45) is 0. The fourth-order valence-electron chi connectivity index (χ4n) is 2.51. The van der Waals surface area contributed by atoms with Crippen LogP contribution in [-0.4, -0.2) is 26.8 Å². The second kappa shape index (κ2) is 7.65. The Balaban J connectivity index is 1.80. The maximum atomic E-state index is 11.4. The Kier molecular flexibility index (Phi) is 5.12. The van der Waals surface area contributed by atoms with Crippen LogP contribution >= 0.6 is 0 Å². The Morgan fingerprint density at radius 1 is 0.852 bits per heavy atom. The number of aromatic nitrogens is 2. The maximum absolute atomic E-state index is 11.4. The number of ketones is 1. The number of hydrogen-bond donors (Lipinski definition) is 3. The minimum Gasteiger partial charge on any atom is -0.478 e. The summed E-state index contributed by atoms with van der Waals surface area (Å²) >= 11 is 0. The summed E-state index contributed by atoms with van der Waals surface area (Å²) in [7, 11) is 0. The fraction of sp³-hybridized carbons (Fsp3) is 0.100. The number of carbonyl (C=O) groups excluding carboxylic acids is 1. The fourth-order valence-corrected chi connectivity index (χ4v) is 2.51. The van der Waals surface area contributed by atoms with Gasteiger partial charge in [0.05, 0.1) is 5.56 Å². The number of aryl methyl sites for hydroxylation is 1. The summed E-state index contributed by atoms with van der Waals surface area (Å²) in [4.78, 5) is 31.1. The van der Waals surface area contributed by atoms with Gasteiger partial charge in [-0.05, 0) is 56.3 Å². The zero-order valence-corrected chi connectivity index (χ0v) is 14.9. The molecule has 0 radical (unpaired) electrons. The Morgan fingerprint density at radius 2 is 1.48 bits per heavy atom. The molecule has 0 unspecified atom stereocenters. The van der Waals surface area contributed by atoms with Gasteiger partial charge in [0.1, 0.15) is 17.5 Å². The van der Waals surface area contributed by atoms with Crippen molar-refractivity contribution in [1.82, 2.24) is 9.97 Å². The van der Waals surface area contributed by atoms with Crippen LogP contribution in [0.4, 0.5) is 23.0 Å². The van der Waals surface area contributed by atoms with Gasteiger partial charge >= 0.3 is 5.97 Å². The molecule has 0 atom stereocenters. The summed E-state index contributed by atoms with van der Waals surface area (Å²) in [6, 6.07) is 15.3. The van der Waals surface area contributed by atoms with Crippen LogP contribution in [0, 0.1) is 6.92 Å². The molecule has 1 aromatic heterocycles. The molecular formula is C20H18N4O3. The van der Waals surface area contributed by atoms with Crippen molar-refractivity contribution in [2.24, 2.45) is 0 Å². The molecule has 1 heterocycles. The predicted octanol–water partition coefficient (Wildman–Crippen LogP) is 4.17. The van der Waals surface area contributed by atoms with Gasteiger partial charge in [-0.3, -0.25) is 4.79 Å². The van der Waals surface area contributed by atoms with Gasteiger partial charge in [0.15, 0.2) is 5.78 Å². The topological polar surface area (TPSA) is 104 Å². The average molecular weight is 362 g/mol. The monoisotopic (exact) mass is 362 g/mol. The van der Waals surface area contributed by atoms with E-state index in [2.05, 4.69) is 20.6 Å². The molecule has 0 bridgehead atoms. The number of aromatic carboxylic acids is 1. The third kappa shape index (κ3) is 4.66. The molecule has 0 aliphatic carbocycles. The predicted molar refractivity (Wildman–Crippen MR) is 103 cm³/mol. The van der Waals surface area contributed by atoms with E-state index < -0.39 is 5.97 Å². The van der Waals surface area contributed by atoms with E-state index in [0.29, 0.717) is 28.7 Å². The molecule has 0 spiro atoms. The molecule has 3 aromatic rings. The summed E-state index contributed by atoms with van der Waals surface area (Å²) in [5, 5.41) is 15.4. The lowest BCUT2D eigenvalue weighted by atomic mass is 10.1. The molecule has 0 aliphatic rings. The summed E-state index contributed by atoms with van der Waals surface area (Å²) in [5.74, 6) is 0.684. The Bertz CT molecular complexity index is 1000. The van der Waals surface area contributed by atoms with Crippen LogP contribution in [0.3, 0.4) is 0 Å². The number of nitrogens with zero attached hydrogens (tertiary/aromatic N) is 2. The summed E-state index contributed by atoms with van der Waals surface area (Å²) < 4.78 is 0. The van der Waals surface area contributed by atoms with Gasteiger partial charge in [-0.15, -0.1) is 0 Å². The van der Waals surface area contributed by atoms with Gasteiger partial charge in [0, 0.05) is 23.0 Å². The van der Waals surface area contributed by atoms with Crippen molar-refractivity contribution in [3.05, 3.63) is 71.5 Å². The smallest absolute Gasteiger partial charge is 0.335 e. The van der Waals surface area contributed by atoms with E-state index in [1.165, 1.54) is 19.1 Å². The van der Waals surface area contributed by atoms with E-state index in [4.69, 9.17) is 5.11 Å². The third-order valence-electron chi connectivity index (χ3n) is 3.78. The molecule has 27 heavy (non-hydrogen) atoms. The SMILES string of the molecule is CC(=O)c1ccc(Nc2cc(Nc3cccc(C(=O)O)c3)nc(C)n2)cc1. The maximum Gasteiger partial charge on any atom is 0.335 e. The molecule has 2 aromatic carbocycles. The normalized spacial score (nSPS) is 10.3. The van der Waals surface area contributed by atoms with E-state index in [9.17, 15) is 9.59 Å². The van der Waals surface area contributed by atoms with Crippen molar-refractivity contribution < 1.29 is 14.7 Å². The lowest BCUT2D eigenvalue weighted by molar-refractivity contribution is 0.0696. The molecular weight excluding hydrogens is 344 g/mol. The lowest BCUT2D eigenvalue weighted by Gasteiger charge is -2.11. The van der Waals surface area contributed by atoms with Crippen molar-refractivity contribution >= 4 is 34.8 Å². The van der Waals surface area contributed by atoms with Gasteiger partial charge in [-0.2, -0.15) is 0 Å². The number of carboxylic acids is 1. The number of anilines is 4. The Morgan fingerprint density at radius 3 is 2.07 bits per heavy atom. The first-order valence-electron chi connectivity index (χ1n) is 8.25. The quantitative estimate of drug-likeness (QED) is 0.565. The van der Waals surface area contributed by atoms with Crippen molar-refractivity contribution in [3.63, 3.8) is 0 Å². The molecule has 136 valence electrons. The molecule has 7 nitrogen and oxygen atoms in total. The van der Waals surface area contributed by atoms with Crippen LogP contribution in [0.25, 0.3) is 0 Å². The summed E-state index contributed by atoms with van der Waals surface area (Å²) in [6.45, 7) is 3.29. The van der Waals surface area contributed by atoms with Gasteiger partial charge in [0.2, 0.25) is 0 Å². The zero-order valence-electron chi connectivity index (χ0n) is 14.9. The third-order valence-corrected chi connectivity index (χ3v) is 3.78. The van der Waals surface area contributed by atoms with Crippen LogP contribution < -0.4 is 10.6 Å². The molecule has 3 N–H and O–H groups in total. The number of nitrogens with one attached hydrogen (secondary N) is 2. The van der Waals surface area contributed by atoms with Crippen molar-refractivity contribution in [3.8, 4) is 0 Å². The zero-order chi connectivity index (χ0) is 19.4. The number of carbonyl (C=O) groups is 2. The molecule has 0 saturated heterocycles. The first-order valence-corrected chi connectivity index (χ1v) is 8.25. The van der Waals surface area contributed by atoms with Crippen molar-refractivity contribution in [2.75, 3.05) is 10.6 Å². The highest BCUT2D eigenvalue weighted by molar-refractivity contribution is 5.94. The van der Waals surface area contributed by atoms with E-state index >= 15 is 0 Å². The van der Waals surface area contributed by atoms with Crippen LogP contribution in [0.5, 0.6) is 0 Å². The number of benzene rings is 2. The van der Waals surface area contributed by atoms with Crippen LogP contribution in [-0.2, 0) is 0 Å². The summed E-state index contributed by atoms with van der Waals surface area (Å²) in [5.41, 5.74) is 2.23. The molecule has 7 heteroatoms. The standard InChI is InChI=1S/C20H18N4O3/c1-12(25)14-6-8-16(9-7-14)23-18-11-19(22-13(2)21-18)24-17-5-3-4-15(10-17)20(26)27/h3-11H,1-2H3,(H,26,27)(H2,21,22,23,24). The van der Waals surface area contributed by atoms with Crippen LogP contribution in [0.1, 0.15) is 33.5 Å². The molecule has 0 fully saturated rings.